The highest BCUT2D eigenvalue weighted by Crippen LogP contribution is 2.21. The first-order chi connectivity index (χ1) is 11.3. The highest BCUT2D eigenvalue weighted by Gasteiger charge is 2.15. The molecule has 122 valence electrons. The molecular weight excluding hydrogens is 288 g/mol. The lowest BCUT2D eigenvalue weighted by atomic mass is 10.1. The van der Waals surface area contributed by atoms with Gasteiger partial charge in [-0.2, -0.15) is 4.98 Å². The van der Waals surface area contributed by atoms with Gasteiger partial charge in [0.05, 0.1) is 7.11 Å². The third-order valence-corrected chi connectivity index (χ3v) is 4.20. The van der Waals surface area contributed by atoms with Crippen LogP contribution in [0.4, 0.5) is 11.8 Å². The molecule has 1 aromatic heterocycles. The smallest absolute Gasteiger partial charge is 0.224 e. The number of anilines is 2. The molecular formula is C18H24N4O. The normalized spacial score (nSPS) is 14.7. The Bertz CT molecular complexity index is 626. The van der Waals surface area contributed by atoms with Crippen LogP contribution in [0.25, 0.3) is 0 Å². The summed E-state index contributed by atoms with van der Waals surface area (Å²) >= 11 is 0. The molecule has 1 fully saturated rings. The van der Waals surface area contributed by atoms with Crippen LogP contribution in [-0.2, 0) is 6.42 Å². The van der Waals surface area contributed by atoms with E-state index in [0.29, 0.717) is 6.04 Å². The second kappa shape index (κ2) is 7.81. The third-order valence-electron chi connectivity index (χ3n) is 4.20. The zero-order chi connectivity index (χ0) is 15.9. The monoisotopic (exact) mass is 312 g/mol. The maximum Gasteiger partial charge on any atom is 0.224 e. The van der Waals surface area contributed by atoms with Crippen molar-refractivity contribution in [2.24, 2.45) is 0 Å². The molecule has 0 saturated heterocycles. The minimum Gasteiger partial charge on any atom is -0.497 e. The Balaban J connectivity index is 1.51. The van der Waals surface area contributed by atoms with E-state index in [9.17, 15) is 0 Å². The summed E-state index contributed by atoms with van der Waals surface area (Å²) in [6.45, 7) is 0.826. The highest BCUT2D eigenvalue weighted by atomic mass is 16.5. The molecule has 1 aliphatic carbocycles. The Morgan fingerprint density at radius 3 is 2.91 bits per heavy atom. The lowest BCUT2D eigenvalue weighted by Crippen LogP contribution is -2.17. The van der Waals surface area contributed by atoms with E-state index in [2.05, 4.69) is 32.7 Å². The maximum atomic E-state index is 5.25. The summed E-state index contributed by atoms with van der Waals surface area (Å²) in [7, 11) is 1.69. The van der Waals surface area contributed by atoms with Gasteiger partial charge in [0.2, 0.25) is 5.95 Å². The number of hydrogen-bond donors (Lipinski definition) is 2. The van der Waals surface area contributed by atoms with E-state index < -0.39 is 0 Å². The summed E-state index contributed by atoms with van der Waals surface area (Å²) in [5.74, 6) is 2.49. The number of rotatable bonds is 7. The van der Waals surface area contributed by atoms with Crippen LogP contribution in [0.5, 0.6) is 5.75 Å². The molecule has 0 spiro atoms. The fraction of sp³-hybridized carbons (Fsp3) is 0.444. The third kappa shape index (κ3) is 4.58. The van der Waals surface area contributed by atoms with E-state index in [0.717, 1.165) is 30.5 Å². The highest BCUT2D eigenvalue weighted by molar-refractivity contribution is 5.40. The standard InChI is InChI=1S/C18H24N4O/c1-23-16-8-4-5-14(13-16)9-11-19-17-10-12-20-18(22-17)21-15-6-2-3-7-15/h4-5,8,10,12-13,15H,2-3,6-7,9,11H2,1H3,(H2,19,20,21,22). The molecule has 0 amide bonds. The zero-order valence-corrected chi connectivity index (χ0v) is 13.6. The van der Waals surface area contributed by atoms with Gasteiger partial charge in [0.1, 0.15) is 11.6 Å². The van der Waals surface area contributed by atoms with Gasteiger partial charge in [-0.1, -0.05) is 25.0 Å². The fourth-order valence-corrected chi connectivity index (χ4v) is 2.94. The summed E-state index contributed by atoms with van der Waals surface area (Å²) in [6.07, 6.45) is 7.77. The molecule has 0 atom stereocenters. The first kappa shape index (κ1) is 15.6. The van der Waals surface area contributed by atoms with E-state index in [1.165, 1.54) is 31.2 Å². The van der Waals surface area contributed by atoms with Gasteiger partial charge in [0.25, 0.3) is 0 Å². The quantitative estimate of drug-likeness (QED) is 0.819. The number of ether oxygens (including phenoxy) is 1. The van der Waals surface area contributed by atoms with Crippen LogP contribution in [0.1, 0.15) is 31.2 Å². The fourth-order valence-electron chi connectivity index (χ4n) is 2.94. The van der Waals surface area contributed by atoms with Gasteiger partial charge in [-0.3, -0.25) is 0 Å². The van der Waals surface area contributed by atoms with E-state index in [-0.39, 0.29) is 0 Å². The Morgan fingerprint density at radius 1 is 1.22 bits per heavy atom. The van der Waals surface area contributed by atoms with Gasteiger partial charge in [0, 0.05) is 18.8 Å². The summed E-state index contributed by atoms with van der Waals surface area (Å²) in [5, 5.41) is 6.79. The number of aromatic nitrogens is 2. The SMILES string of the molecule is COc1cccc(CCNc2ccnc(NC3CCCC3)n2)c1. The number of nitrogens with one attached hydrogen (secondary N) is 2. The van der Waals surface area contributed by atoms with Gasteiger partial charge in [0.15, 0.2) is 0 Å². The Labute approximate surface area is 137 Å². The lowest BCUT2D eigenvalue weighted by molar-refractivity contribution is 0.414. The van der Waals surface area contributed by atoms with Crippen LogP contribution in [0.3, 0.4) is 0 Å². The van der Waals surface area contributed by atoms with E-state index in [4.69, 9.17) is 4.74 Å². The van der Waals surface area contributed by atoms with Crippen molar-refractivity contribution in [3.8, 4) is 5.75 Å². The molecule has 0 radical (unpaired) electrons. The number of nitrogens with zero attached hydrogens (tertiary/aromatic N) is 2. The van der Waals surface area contributed by atoms with Gasteiger partial charge < -0.3 is 15.4 Å². The largest absolute Gasteiger partial charge is 0.497 e. The summed E-state index contributed by atoms with van der Waals surface area (Å²) in [5.41, 5.74) is 1.25. The van der Waals surface area contributed by atoms with Crippen molar-refractivity contribution in [2.75, 3.05) is 24.3 Å². The van der Waals surface area contributed by atoms with Crippen molar-refractivity contribution in [3.63, 3.8) is 0 Å². The molecule has 1 heterocycles. The molecule has 0 bridgehead atoms. The van der Waals surface area contributed by atoms with Crippen molar-refractivity contribution in [1.82, 2.24) is 9.97 Å². The van der Waals surface area contributed by atoms with Gasteiger partial charge >= 0.3 is 0 Å². The van der Waals surface area contributed by atoms with E-state index in [1.807, 2.05) is 18.2 Å². The first-order valence-corrected chi connectivity index (χ1v) is 8.30. The molecule has 23 heavy (non-hydrogen) atoms. The first-order valence-electron chi connectivity index (χ1n) is 8.30. The molecule has 2 N–H and O–H groups in total. The Hall–Kier alpha value is -2.30. The number of hydrogen-bond acceptors (Lipinski definition) is 5. The van der Waals surface area contributed by atoms with Gasteiger partial charge in [-0.15, -0.1) is 0 Å². The van der Waals surface area contributed by atoms with E-state index >= 15 is 0 Å². The Kier molecular flexibility index (Phi) is 5.29. The van der Waals surface area contributed by atoms with Crippen LogP contribution < -0.4 is 15.4 Å². The predicted molar refractivity (Wildman–Crippen MR) is 93.1 cm³/mol. The molecule has 0 aliphatic heterocycles. The van der Waals surface area contributed by atoms with E-state index in [1.54, 1.807) is 13.3 Å². The van der Waals surface area contributed by atoms with Crippen molar-refractivity contribution in [1.29, 1.82) is 0 Å². The van der Waals surface area contributed by atoms with Crippen LogP contribution in [0.15, 0.2) is 36.5 Å². The average Bonchev–Trinajstić information content (AvgIpc) is 3.08. The second-order valence-corrected chi connectivity index (χ2v) is 5.92. The minimum absolute atomic E-state index is 0.530. The number of benzene rings is 1. The summed E-state index contributed by atoms with van der Waals surface area (Å²) in [6, 6.07) is 10.6. The summed E-state index contributed by atoms with van der Waals surface area (Å²) < 4.78 is 5.25. The minimum atomic E-state index is 0.530. The molecule has 1 aromatic carbocycles. The molecule has 3 rings (SSSR count). The summed E-state index contributed by atoms with van der Waals surface area (Å²) in [4.78, 5) is 8.86. The Morgan fingerprint density at radius 2 is 2.09 bits per heavy atom. The molecule has 5 nitrogen and oxygen atoms in total. The van der Waals surface area contributed by atoms with Gasteiger partial charge in [-0.05, 0) is 43.0 Å². The van der Waals surface area contributed by atoms with Crippen molar-refractivity contribution in [2.45, 2.75) is 38.1 Å². The molecule has 1 saturated carbocycles. The molecule has 5 heteroatoms. The second-order valence-electron chi connectivity index (χ2n) is 5.92. The van der Waals surface area contributed by atoms with Crippen LogP contribution in [0.2, 0.25) is 0 Å². The average molecular weight is 312 g/mol. The number of methoxy groups -OCH3 is 1. The molecule has 1 aliphatic rings. The van der Waals surface area contributed by atoms with Gasteiger partial charge in [-0.25, -0.2) is 4.98 Å². The van der Waals surface area contributed by atoms with Crippen LogP contribution >= 0.6 is 0 Å². The zero-order valence-electron chi connectivity index (χ0n) is 13.6. The van der Waals surface area contributed by atoms with Crippen LogP contribution in [-0.4, -0.2) is 29.7 Å². The van der Waals surface area contributed by atoms with Crippen molar-refractivity contribution >= 4 is 11.8 Å². The lowest BCUT2D eigenvalue weighted by Gasteiger charge is -2.12. The molecule has 0 unspecified atom stereocenters. The van der Waals surface area contributed by atoms with Crippen molar-refractivity contribution in [3.05, 3.63) is 42.1 Å². The van der Waals surface area contributed by atoms with Crippen LogP contribution in [0, 0.1) is 0 Å². The molecule has 2 aromatic rings. The topological polar surface area (TPSA) is 59.1 Å². The predicted octanol–water partition coefficient (Wildman–Crippen LogP) is 3.49. The maximum absolute atomic E-state index is 5.25. The van der Waals surface area contributed by atoms with Crippen molar-refractivity contribution < 1.29 is 4.74 Å².